The number of nitrogens with one attached hydrogen (secondary N) is 3. The Kier molecular flexibility index (Phi) is 20.7. The second kappa shape index (κ2) is 32.8. The van der Waals surface area contributed by atoms with E-state index in [4.69, 9.17) is 48.9 Å². The molecule has 3 fully saturated rings. The van der Waals surface area contributed by atoms with E-state index in [2.05, 4.69) is 141 Å². The molecule has 0 aliphatic carbocycles. The molecule has 18 heterocycles. The number of amides is 3. The number of likely N-dealkylation sites (N-methyl/N-ethyl adjacent to an activating group) is 3. The number of ether oxygens (including phenoxy) is 4. The maximum atomic E-state index is 13.5. The smallest absolute Gasteiger partial charge is 0.279 e. The largest absolute Gasteiger partial charge is 0.495 e. The Morgan fingerprint density at radius 2 is 0.738 bits per heavy atom. The number of hydrogen-bond donors (Lipinski definition) is 3. The second-order valence-corrected chi connectivity index (χ2v) is 30.3. The van der Waals surface area contributed by atoms with Crippen molar-refractivity contribution in [3.05, 3.63) is 153 Å². The second-order valence-electron chi connectivity index (χ2n) is 30.3. The minimum absolute atomic E-state index is 0.0444. The van der Waals surface area contributed by atoms with E-state index >= 15 is 0 Å². The van der Waals surface area contributed by atoms with Crippen molar-refractivity contribution in [3.63, 3.8) is 0 Å². The lowest BCUT2D eigenvalue weighted by atomic mass is 10.2. The molecular weight excluding hydrogens is 1560 g/mol. The molecule has 0 spiro atoms. The summed E-state index contributed by atoms with van der Waals surface area (Å²) >= 11 is 0. The van der Waals surface area contributed by atoms with Crippen LogP contribution in [0.1, 0.15) is 19.3 Å². The van der Waals surface area contributed by atoms with Crippen LogP contribution in [0, 0.1) is 35.5 Å². The lowest BCUT2D eigenvalue weighted by molar-refractivity contribution is -0.122. The van der Waals surface area contributed by atoms with E-state index < -0.39 is 0 Å². The van der Waals surface area contributed by atoms with Crippen molar-refractivity contribution in [2.75, 3.05) is 192 Å². The molecule has 6 bridgehead atoms. The van der Waals surface area contributed by atoms with Crippen molar-refractivity contribution in [3.8, 4) is 76.0 Å². The average molecular weight is 1640 g/mol. The quantitative estimate of drug-likeness (QED) is 0.154. The van der Waals surface area contributed by atoms with Gasteiger partial charge in [0.2, 0.25) is 17.8 Å². The monoisotopic (exact) mass is 1640 g/mol. The van der Waals surface area contributed by atoms with Gasteiger partial charge >= 0.3 is 0 Å². The Balaban J connectivity index is 0.000000121. The van der Waals surface area contributed by atoms with Crippen LogP contribution in [-0.4, -0.2) is 252 Å². The molecule has 0 unspecified atom stereocenters. The van der Waals surface area contributed by atoms with Gasteiger partial charge in [0.15, 0.2) is 88.9 Å². The van der Waals surface area contributed by atoms with Gasteiger partial charge in [-0.25, -0.2) is 58.0 Å². The van der Waals surface area contributed by atoms with Gasteiger partial charge in [0.05, 0.1) is 12.8 Å². The number of hydrogen-bond acceptors (Lipinski definition) is 28. The highest BCUT2D eigenvalue weighted by molar-refractivity contribution is 5.99. The zero-order valence-corrected chi connectivity index (χ0v) is 67.3. The van der Waals surface area contributed by atoms with Crippen molar-refractivity contribution in [2.45, 2.75) is 38.9 Å². The summed E-state index contributed by atoms with van der Waals surface area (Å²) in [6, 6.07) is 32.8. The number of carbonyl (C=O) groups is 3. The van der Waals surface area contributed by atoms with Gasteiger partial charge in [0, 0.05) is 171 Å². The van der Waals surface area contributed by atoms with Gasteiger partial charge in [-0.1, -0.05) is 41.6 Å². The van der Waals surface area contributed by atoms with Gasteiger partial charge in [-0.2, -0.15) is 15.0 Å². The molecular formula is C85H83N27O10. The summed E-state index contributed by atoms with van der Waals surface area (Å²) in [4.78, 5) is 139. The first kappa shape index (κ1) is 77.1. The van der Waals surface area contributed by atoms with E-state index in [1.807, 2.05) is 42.5 Å². The van der Waals surface area contributed by atoms with Crippen LogP contribution in [0.2, 0.25) is 0 Å². The summed E-state index contributed by atoms with van der Waals surface area (Å²) in [6.45, 7) is 13.3. The zero-order valence-electron chi connectivity index (χ0n) is 67.3. The van der Waals surface area contributed by atoms with Gasteiger partial charge in [-0.15, -0.1) is 0 Å². The average Bonchev–Trinajstić information content (AvgIpc) is 1.60. The van der Waals surface area contributed by atoms with Gasteiger partial charge < -0.3 is 64.3 Å². The molecule has 9 aromatic heterocycles. The molecule has 0 radical (unpaired) electrons. The van der Waals surface area contributed by atoms with Crippen LogP contribution in [-0.2, 0) is 34.0 Å². The summed E-state index contributed by atoms with van der Waals surface area (Å²) < 4.78 is 31.9. The number of methoxy groups -OCH3 is 1. The molecule has 122 heavy (non-hydrogen) atoms. The Morgan fingerprint density at radius 3 is 1.14 bits per heavy atom. The van der Waals surface area contributed by atoms with Crippen LogP contribution < -0.4 is 81.0 Å². The van der Waals surface area contributed by atoms with Crippen molar-refractivity contribution in [2.24, 2.45) is 0 Å². The third-order valence-electron chi connectivity index (χ3n) is 22.6. The summed E-state index contributed by atoms with van der Waals surface area (Å²) in [5.74, 6) is 23.6. The third kappa shape index (κ3) is 15.1. The molecule has 9 aliphatic heterocycles. The number of aromatic nitrogens is 15. The minimum atomic E-state index is -0.285. The SMILES string of the molecule is CN1CCN(c2ccc(Nc3ncc4c(=O)n5n(c4n3)-c3ccc4c(n3)N(CCC#CC5)C(=O)CO4)cc2)CC1.CN1CCN(c2cccc(Nc3ncc4c(=O)n5n(c4n3)-c3ccc4c(n3)N(CCC#CC5)C(=O)CO4)c2)CC1.COc1cc(Nc2ncc3c(=O)n4n(c3n2)-c2ccc3c(n2)N(CCC#CC4)C(=O)CO3)ccc1N1CCN(C)CC1. The Bertz CT molecular complexity index is 6570. The van der Waals surface area contributed by atoms with Crippen LogP contribution >= 0.6 is 0 Å². The van der Waals surface area contributed by atoms with E-state index in [-0.39, 0.29) is 73.9 Å². The highest BCUT2D eigenvalue weighted by Crippen LogP contribution is 2.38. The lowest BCUT2D eigenvalue weighted by Crippen LogP contribution is -2.44. The maximum absolute atomic E-state index is 13.5. The summed E-state index contributed by atoms with van der Waals surface area (Å²) in [5.41, 5.74) is 6.08. The molecule has 0 atom stereocenters. The predicted molar refractivity (Wildman–Crippen MR) is 458 cm³/mol. The molecule has 3 N–H and O–H groups in total. The van der Waals surface area contributed by atoms with E-state index in [0.29, 0.717) is 142 Å². The molecule has 12 aromatic rings. The zero-order chi connectivity index (χ0) is 83.2. The molecule has 21 rings (SSSR count). The molecule has 3 saturated heterocycles. The van der Waals surface area contributed by atoms with Crippen molar-refractivity contribution in [1.82, 2.24) is 87.6 Å². The third-order valence-corrected chi connectivity index (χ3v) is 22.6. The fourth-order valence-corrected chi connectivity index (χ4v) is 15.9. The van der Waals surface area contributed by atoms with Crippen LogP contribution in [0.25, 0.3) is 50.6 Å². The van der Waals surface area contributed by atoms with E-state index in [1.165, 1.54) is 38.3 Å². The van der Waals surface area contributed by atoms with E-state index in [9.17, 15) is 28.8 Å². The van der Waals surface area contributed by atoms with Crippen LogP contribution in [0.4, 0.5) is 69.4 Å². The maximum Gasteiger partial charge on any atom is 0.279 e. The molecule has 3 amide bonds. The Morgan fingerprint density at radius 1 is 0.369 bits per heavy atom. The first-order chi connectivity index (χ1) is 59.6. The van der Waals surface area contributed by atoms with Gasteiger partial charge in [0.25, 0.3) is 34.4 Å². The van der Waals surface area contributed by atoms with Crippen LogP contribution in [0.15, 0.2) is 136 Å². The molecule has 37 heteroatoms. The standard InChI is InChI=1S/C29H29N9O4.2C28H27N9O3/c1-34-12-14-35(15-13-34)21-7-6-19(16-23(21)41-2)31-29-30-17-20-26(33-29)38-24-9-8-22-27(32-24)36(25(39)18-42-22)10-4-3-5-11-37(38)28(20)40;1-33-13-15-34(16-14-33)20-7-5-19(6-8-20)30-28-29-17-21-25(32-28)37-23-10-9-22-26(31-23)35(24(38)18-40-22)11-3-2-4-12-36(37)27(21)39;1-33-12-14-34(15-13-33)20-7-5-6-19(16-20)30-28-29-17-21-25(32-28)37-23-9-8-22-26(31-23)35(24(38)18-40-22)10-3-2-4-11-36(37)27(21)39/h6-9,16-17H,4,10-15,18H2,1-2H3,(H,30,31,33);5-10,17H,3,11-16,18H2,1H3,(H,29,30,32);5-9,16-17H,3,10-15,18H2,1H3,(H,29,30,32). The summed E-state index contributed by atoms with van der Waals surface area (Å²) in [7, 11) is 8.07. The number of pyridine rings is 3. The number of piperazine rings is 3. The van der Waals surface area contributed by atoms with Crippen molar-refractivity contribution >= 4 is 120 Å². The lowest BCUT2D eigenvalue weighted by Gasteiger charge is -2.34. The predicted octanol–water partition coefficient (Wildman–Crippen LogP) is 4.82. The molecule has 3 aromatic carbocycles. The number of nitrogens with zero attached hydrogens (tertiary/aromatic N) is 24. The van der Waals surface area contributed by atoms with E-state index in [0.717, 1.165) is 113 Å². The minimum Gasteiger partial charge on any atom is -0.495 e. The van der Waals surface area contributed by atoms with Crippen LogP contribution in [0.3, 0.4) is 0 Å². The number of benzene rings is 3. The molecule has 618 valence electrons. The van der Waals surface area contributed by atoms with Gasteiger partial charge in [-0.05, 0) is 112 Å². The number of fused-ring (bicyclic) bond motifs is 15. The van der Waals surface area contributed by atoms with Crippen molar-refractivity contribution < 1.29 is 33.3 Å². The molecule has 37 nitrogen and oxygen atoms in total. The van der Waals surface area contributed by atoms with Crippen molar-refractivity contribution in [1.29, 1.82) is 0 Å². The Hall–Kier alpha value is -14.9. The van der Waals surface area contributed by atoms with Crippen LogP contribution in [0.5, 0.6) is 23.0 Å². The highest BCUT2D eigenvalue weighted by Gasteiger charge is 2.34. The Labute approximate surface area is 697 Å². The molecule has 0 saturated carbocycles. The fraction of sp³-hybridized carbons (Fsp3) is 0.329. The normalized spacial score (nSPS) is 16.9. The van der Waals surface area contributed by atoms with Gasteiger partial charge in [-0.3, -0.25) is 43.5 Å². The molecule has 9 aliphatic rings. The van der Waals surface area contributed by atoms with Gasteiger partial charge in [0.1, 0.15) is 41.5 Å². The number of rotatable bonds is 10. The first-order valence-electron chi connectivity index (χ1n) is 40.3. The summed E-state index contributed by atoms with van der Waals surface area (Å²) in [6.07, 6.45) is 5.90. The fourth-order valence-electron chi connectivity index (χ4n) is 15.9. The van der Waals surface area contributed by atoms with E-state index in [1.54, 1.807) is 72.3 Å². The summed E-state index contributed by atoms with van der Waals surface area (Å²) in [5, 5.41) is 10.8. The topological polar surface area (TPSA) is 350 Å². The first-order valence-corrected chi connectivity index (χ1v) is 40.3. The number of carbonyl (C=O) groups excluding carboxylic acids is 3. The number of anilines is 12. The highest BCUT2D eigenvalue weighted by atomic mass is 16.5.